The minimum atomic E-state index is -0.850. The molecule has 98 valence electrons. The Bertz CT molecular complexity index is 401. The van der Waals surface area contributed by atoms with Gasteiger partial charge in [0.1, 0.15) is 0 Å². The second-order valence-corrected chi connectivity index (χ2v) is 4.09. The van der Waals surface area contributed by atoms with Crippen LogP contribution in [0.2, 0.25) is 0 Å². The Morgan fingerprint density at radius 1 is 1.17 bits per heavy atom. The van der Waals surface area contributed by atoms with Crippen LogP contribution in [-0.2, 0) is 11.3 Å². The molecular weight excluding hydrogens is 232 g/mol. The molecule has 0 aliphatic rings. The molecule has 5 nitrogen and oxygen atoms in total. The third-order valence-electron chi connectivity index (χ3n) is 2.43. The van der Waals surface area contributed by atoms with Crippen LogP contribution < -0.4 is 10.6 Å². The fourth-order valence-electron chi connectivity index (χ4n) is 1.39. The molecule has 2 amide bonds. The number of carbonyl (C=O) groups is 2. The van der Waals surface area contributed by atoms with Gasteiger partial charge >= 0.3 is 12.0 Å². The molecule has 0 spiro atoms. The molecule has 1 aromatic carbocycles. The van der Waals surface area contributed by atoms with Gasteiger partial charge in [-0.2, -0.15) is 0 Å². The zero-order chi connectivity index (χ0) is 13.4. The van der Waals surface area contributed by atoms with Gasteiger partial charge in [-0.05, 0) is 18.9 Å². The molecule has 0 saturated heterocycles. The van der Waals surface area contributed by atoms with Crippen LogP contribution in [0.5, 0.6) is 0 Å². The lowest BCUT2D eigenvalue weighted by Crippen LogP contribution is -2.35. The van der Waals surface area contributed by atoms with Crippen molar-refractivity contribution in [3.8, 4) is 0 Å². The molecule has 0 heterocycles. The maximum Gasteiger partial charge on any atom is 0.315 e. The number of hydrogen-bond acceptors (Lipinski definition) is 2. The first-order valence-electron chi connectivity index (χ1n) is 5.87. The van der Waals surface area contributed by atoms with E-state index in [-0.39, 0.29) is 12.5 Å². The lowest BCUT2D eigenvalue weighted by molar-refractivity contribution is -0.137. The van der Waals surface area contributed by atoms with Gasteiger partial charge in [-0.3, -0.25) is 4.79 Å². The van der Waals surface area contributed by atoms with Crippen molar-refractivity contribution in [1.29, 1.82) is 0 Å². The lowest BCUT2D eigenvalue weighted by Gasteiger charge is -2.07. The highest BCUT2D eigenvalue weighted by Gasteiger charge is 2.01. The lowest BCUT2D eigenvalue weighted by atomic mass is 10.1. The standard InChI is InChI=1S/C13H18N2O3/c1-10-4-6-11(7-5-10)9-15-13(18)14-8-2-3-12(16)17/h4-7H,2-3,8-9H2,1H3,(H,16,17)(H2,14,15,18). The molecular formula is C13H18N2O3. The van der Waals surface area contributed by atoms with Crippen molar-refractivity contribution in [3.63, 3.8) is 0 Å². The van der Waals surface area contributed by atoms with E-state index < -0.39 is 5.97 Å². The molecule has 0 atom stereocenters. The van der Waals surface area contributed by atoms with Crippen LogP contribution in [0.4, 0.5) is 4.79 Å². The molecule has 3 N–H and O–H groups in total. The molecule has 0 aliphatic heterocycles. The highest BCUT2D eigenvalue weighted by Crippen LogP contribution is 2.02. The third kappa shape index (κ3) is 5.89. The Morgan fingerprint density at radius 2 is 1.83 bits per heavy atom. The normalized spacial score (nSPS) is 9.83. The number of carboxylic acid groups (broad SMARTS) is 1. The highest BCUT2D eigenvalue weighted by atomic mass is 16.4. The van der Waals surface area contributed by atoms with Gasteiger partial charge in [-0.15, -0.1) is 0 Å². The predicted octanol–water partition coefficient (Wildman–Crippen LogP) is 1.66. The molecule has 0 unspecified atom stereocenters. The number of rotatable bonds is 6. The van der Waals surface area contributed by atoms with Crippen LogP contribution >= 0.6 is 0 Å². The van der Waals surface area contributed by atoms with Crippen molar-refractivity contribution >= 4 is 12.0 Å². The average Bonchev–Trinajstić information content (AvgIpc) is 2.34. The second-order valence-electron chi connectivity index (χ2n) is 4.09. The van der Waals surface area contributed by atoms with E-state index in [0.29, 0.717) is 19.5 Å². The molecule has 18 heavy (non-hydrogen) atoms. The maximum absolute atomic E-state index is 11.4. The van der Waals surface area contributed by atoms with Crippen LogP contribution in [0.1, 0.15) is 24.0 Å². The van der Waals surface area contributed by atoms with E-state index >= 15 is 0 Å². The number of carbonyl (C=O) groups excluding carboxylic acids is 1. The molecule has 0 bridgehead atoms. The number of benzene rings is 1. The fraction of sp³-hybridized carbons (Fsp3) is 0.385. The number of aliphatic carboxylic acids is 1. The predicted molar refractivity (Wildman–Crippen MR) is 68.3 cm³/mol. The Kier molecular flexibility index (Phi) is 5.70. The summed E-state index contributed by atoms with van der Waals surface area (Å²) in [6.45, 7) is 2.84. The first kappa shape index (κ1) is 14.0. The largest absolute Gasteiger partial charge is 0.481 e. The van der Waals surface area contributed by atoms with Crippen molar-refractivity contribution in [1.82, 2.24) is 10.6 Å². The summed E-state index contributed by atoms with van der Waals surface area (Å²) in [5.41, 5.74) is 2.21. The van der Waals surface area contributed by atoms with Crippen molar-refractivity contribution < 1.29 is 14.7 Å². The summed E-state index contributed by atoms with van der Waals surface area (Å²) in [5, 5.41) is 13.7. The fourth-order valence-corrected chi connectivity index (χ4v) is 1.39. The van der Waals surface area contributed by atoms with Crippen LogP contribution in [-0.4, -0.2) is 23.7 Å². The van der Waals surface area contributed by atoms with Gasteiger partial charge in [0, 0.05) is 19.5 Å². The molecule has 1 aromatic rings. The summed E-state index contributed by atoms with van der Waals surface area (Å²) >= 11 is 0. The van der Waals surface area contributed by atoms with Gasteiger partial charge in [0.15, 0.2) is 0 Å². The summed E-state index contributed by atoms with van der Waals surface area (Å²) in [5.74, 6) is -0.850. The van der Waals surface area contributed by atoms with Gasteiger partial charge in [0.25, 0.3) is 0 Å². The number of urea groups is 1. The minimum absolute atomic E-state index is 0.0677. The van der Waals surface area contributed by atoms with Gasteiger partial charge in [0.05, 0.1) is 0 Å². The molecule has 5 heteroatoms. The van der Waals surface area contributed by atoms with Crippen LogP contribution in [0.25, 0.3) is 0 Å². The minimum Gasteiger partial charge on any atom is -0.481 e. The number of aryl methyl sites for hydroxylation is 1. The van der Waals surface area contributed by atoms with Crippen molar-refractivity contribution in [2.45, 2.75) is 26.3 Å². The number of nitrogens with one attached hydrogen (secondary N) is 2. The maximum atomic E-state index is 11.4. The number of amides is 2. The first-order valence-corrected chi connectivity index (χ1v) is 5.87. The number of carboxylic acids is 1. The average molecular weight is 250 g/mol. The van der Waals surface area contributed by atoms with E-state index in [9.17, 15) is 9.59 Å². The topological polar surface area (TPSA) is 78.4 Å². The summed E-state index contributed by atoms with van der Waals surface area (Å²) in [6, 6.07) is 7.62. The number of hydrogen-bond donors (Lipinski definition) is 3. The Hall–Kier alpha value is -2.04. The molecule has 0 saturated carbocycles. The Balaban J connectivity index is 2.17. The molecule has 0 radical (unpaired) electrons. The summed E-state index contributed by atoms with van der Waals surface area (Å²) < 4.78 is 0. The van der Waals surface area contributed by atoms with Gasteiger partial charge in [-0.1, -0.05) is 29.8 Å². The third-order valence-corrected chi connectivity index (χ3v) is 2.43. The van der Waals surface area contributed by atoms with E-state index in [1.165, 1.54) is 5.56 Å². The first-order chi connectivity index (χ1) is 8.58. The van der Waals surface area contributed by atoms with E-state index in [4.69, 9.17) is 5.11 Å². The summed E-state index contributed by atoms with van der Waals surface area (Å²) in [4.78, 5) is 21.6. The van der Waals surface area contributed by atoms with Gasteiger partial charge < -0.3 is 15.7 Å². The Labute approximate surface area is 106 Å². The van der Waals surface area contributed by atoms with Crippen molar-refractivity contribution in [2.24, 2.45) is 0 Å². The monoisotopic (exact) mass is 250 g/mol. The molecule has 0 fully saturated rings. The van der Waals surface area contributed by atoms with Crippen molar-refractivity contribution in [3.05, 3.63) is 35.4 Å². The second kappa shape index (κ2) is 7.32. The van der Waals surface area contributed by atoms with Crippen LogP contribution in [0.3, 0.4) is 0 Å². The van der Waals surface area contributed by atoms with Gasteiger partial charge in [0.2, 0.25) is 0 Å². The van der Waals surface area contributed by atoms with Crippen LogP contribution in [0.15, 0.2) is 24.3 Å². The quantitative estimate of drug-likeness (QED) is 0.672. The molecule has 1 rings (SSSR count). The van der Waals surface area contributed by atoms with Crippen LogP contribution in [0, 0.1) is 6.92 Å². The zero-order valence-electron chi connectivity index (χ0n) is 10.4. The molecule has 0 aromatic heterocycles. The Morgan fingerprint density at radius 3 is 2.44 bits per heavy atom. The zero-order valence-corrected chi connectivity index (χ0v) is 10.4. The van der Waals surface area contributed by atoms with Gasteiger partial charge in [-0.25, -0.2) is 4.79 Å². The summed E-state index contributed by atoms with van der Waals surface area (Å²) in [6.07, 6.45) is 0.505. The smallest absolute Gasteiger partial charge is 0.315 e. The van der Waals surface area contributed by atoms with Crippen molar-refractivity contribution in [2.75, 3.05) is 6.54 Å². The summed E-state index contributed by atoms with van der Waals surface area (Å²) in [7, 11) is 0. The highest BCUT2D eigenvalue weighted by molar-refractivity contribution is 5.73. The van der Waals surface area contributed by atoms with E-state index in [2.05, 4.69) is 10.6 Å². The SMILES string of the molecule is Cc1ccc(CNC(=O)NCCCC(=O)O)cc1. The molecule has 0 aliphatic carbocycles. The van der Waals surface area contributed by atoms with E-state index in [0.717, 1.165) is 5.56 Å². The van der Waals surface area contributed by atoms with E-state index in [1.54, 1.807) is 0 Å². The van der Waals surface area contributed by atoms with E-state index in [1.807, 2.05) is 31.2 Å².